The number of carbonyl (C=O) groups excluding carboxylic acids is 1. The van der Waals surface area contributed by atoms with Gasteiger partial charge in [-0.15, -0.1) is 0 Å². The van der Waals surface area contributed by atoms with Crippen LogP contribution in [0.1, 0.15) is 83.3 Å². The Kier molecular flexibility index (Phi) is 7.72. The zero-order chi connectivity index (χ0) is 27.2. The van der Waals surface area contributed by atoms with E-state index in [9.17, 15) is 9.18 Å². The van der Waals surface area contributed by atoms with Gasteiger partial charge in [-0.2, -0.15) is 4.98 Å². The first-order valence-corrected chi connectivity index (χ1v) is 14.3. The molecule has 2 amide bonds. The van der Waals surface area contributed by atoms with Gasteiger partial charge in [0.25, 0.3) is 5.92 Å². The SMILES string of the molecule is CC(C)CN(C)[C@H]1CCN([C@H]2CCCC(F)(F)[C@@H]2NC(=O)N2CCC(C)(c3noc([C@@H]4C[C@@H]4F)n3)CC2)C1. The minimum atomic E-state index is -2.94. The van der Waals surface area contributed by atoms with E-state index in [2.05, 4.69) is 46.2 Å². The van der Waals surface area contributed by atoms with Crippen LogP contribution in [0.3, 0.4) is 0 Å². The summed E-state index contributed by atoms with van der Waals surface area (Å²) >= 11 is 0. The molecule has 1 aromatic heterocycles. The first-order valence-electron chi connectivity index (χ1n) is 14.3. The lowest BCUT2D eigenvalue weighted by molar-refractivity contribution is -0.0898. The molecule has 0 aromatic carbocycles. The Morgan fingerprint density at radius 1 is 1.21 bits per heavy atom. The van der Waals surface area contributed by atoms with E-state index in [0.29, 0.717) is 68.9 Å². The van der Waals surface area contributed by atoms with Crippen molar-refractivity contribution >= 4 is 6.03 Å². The molecule has 2 saturated carbocycles. The molecule has 0 bridgehead atoms. The molecular formula is C27H43F3N6O2. The number of hydrogen-bond donors (Lipinski definition) is 1. The maximum Gasteiger partial charge on any atom is 0.317 e. The number of halogens is 3. The molecule has 4 aliphatic rings. The Hall–Kier alpha value is -1.88. The number of likely N-dealkylation sites (tertiary alicyclic amines) is 2. The van der Waals surface area contributed by atoms with Crippen LogP contribution in [0, 0.1) is 5.92 Å². The lowest BCUT2D eigenvalue weighted by Gasteiger charge is -2.44. The van der Waals surface area contributed by atoms with Crippen LogP contribution < -0.4 is 5.32 Å². The van der Waals surface area contributed by atoms with Gasteiger partial charge in [0.1, 0.15) is 12.2 Å². The molecule has 214 valence electrons. The summed E-state index contributed by atoms with van der Waals surface area (Å²) in [7, 11) is 2.12. The van der Waals surface area contributed by atoms with E-state index in [-0.39, 0.29) is 18.4 Å². The van der Waals surface area contributed by atoms with Gasteiger partial charge in [0.15, 0.2) is 5.82 Å². The van der Waals surface area contributed by atoms with E-state index in [1.807, 2.05) is 6.92 Å². The van der Waals surface area contributed by atoms with Crippen LogP contribution in [0.15, 0.2) is 4.52 Å². The van der Waals surface area contributed by atoms with E-state index in [4.69, 9.17) is 4.52 Å². The number of carbonyl (C=O) groups is 1. The van der Waals surface area contributed by atoms with Crippen LogP contribution >= 0.6 is 0 Å². The second kappa shape index (κ2) is 10.6. The average Bonchev–Trinajstić information content (AvgIpc) is 3.26. The Balaban J connectivity index is 1.19. The Morgan fingerprint density at radius 2 is 1.92 bits per heavy atom. The smallest absolute Gasteiger partial charge is 0.317 e. The van der Waals surface area contributed by atoms with Gasteiger partial charge in [-0.25, -0.2) is 18.0 Å². The minimum absolute atomic E-state index is 0.196. The third kappa shape index (κ3) is 5.69. The molecule has 5 atom stereocenters. The van der Waals surface area contributed by atoms with Gasteiger partial charge >= 0.3 is 6.03 Å². The highest BCUT2D eigenvalue weighted by molar-refractivity contribution is 5.75. The largest absolute Gasteiger partial charge is 0.339 e. The summed E-state index contributed by atoms with van der Waals surface area (Å²) in [5.41, 5.74) is -0.400. The molecule has 4 fully saturated rings. The first-order chi connectivity index (χ1) is 18.0. The zero-order valence-corrected chi connectivity index (χ0v) is 23.1. The van der Waals surface area contributed by atoms with Crippen molar-refractivity contribution in [1.29, 1.82) is 0 Å². The maximum atomic E-state index is 15.2. The van der Waals surface area contributed by atoms with Crippen molar-refractivity contribution in [2.24, 2.45) is 5.92 Å². The highest BCUT2D eigenvalue weighted by Crippen LogP contribution is 2.44. The summed E-state index contributed by atoms with van der Waals surface area (Å²) in [6, 6.07) is -1.64. The summed E-state index contributed by atoms with van der Waals surface area (Å²) in [5.74, 6) is -1.80. The average molecular weight is 541 g/mol. The van der Waals surface area contributed by atoms with Crippen molar-refractivity contribution in [2.45, 2.75) is 107 Å². The van der Waals surface area contributed by atoms with Gasteiger partial charge in [-0.05, 0) is 51.5 Å². The van der Waals surface area contributed by atoms with E-state index >= 15 is 8.78 Å². The summed E-state index contributed by atoms with van der Waals surface area (Å²) in [4.78, 5) is 23.9. The number of likely N-dealkylation sites (N-methyl/N-ethyl adjacent to an activating group) is 1. The number of nitrogens with zero attached hydrogens (tertiary/aromatic N) is 5. The molecule has 1 N–H and O–H groups in total. The fraction of sp³-hybridized carbons (Fsp3) is 0.889. The molecular weight excluding hydrogens is 497 g/mol. The molecule has 8 nitrogen and oxygen atoms in total. The van der Waals surface area contributed by atoms with Crippen molar-refractivity contribution in [1.82, 2.24) is 30.2 Å². The van der Waals surface area contributed by atoms with E-state index in [0.717, 1.165) is 26.1 Å². The van der Waals surface area contributed by atoms with Crippen molar-refractivity contribution in [3.63, 3.8) is 0 Å². The molecule has 3 heterocycles. The monoisotopic (exact) mass is 540 g/mol. The number of nitrogens with one attached hydrogen (secondary N) is 1. The van der Waals surface area contributed by atoms with Crippen LogP contribution in [0.5, 0.6) is 0 Å². The maximum absolute atomic E-state index is 15.2. The Morgan fingerprint density at radius 3 is 2.58 bits per heavy atom. The zero-order valence-electron chi connectivity index (χ0n) is 23.1. The lowest BCUT2D eigenvalue weighted by atomic mass is 9.79. The van der Waals surface area contributed by atoms with Crippen LogP contribution in [-0.2, 0) is 5.41 Å². The quantitative estimate of drug-likeness (QED) is 0.559. The molecule has 0 spiro atoms. The van der Waals surface area contributed by atoms with Crippen LogP contribution in [-0.4, -0.2) is 101 Å². The Labute approximate surface area is 223 Å². The number of alkyl halides is 3. The normalized spacial score (nSPS) is 33.2. The van der Waals surface area contributed by atoms with Crippen molar-refractivity contribution in [2.75, 3.05) is 39.8 Å². The van der Waals surface area contributed by atoms with Gasteiger partial charge in [0.05, 0.1) is 5.92 Å². The minimum Gasteiger partial charge on any atom is -0.339 e. The van der Waals surface area contributed by atoms with Crippen molar-refractivity contribution < 1.29 is 22.5 Å². The number of amides is 2. The number of hydrogen-bond acceptors (Lipinski definition) is 6. The number of rotatable bonds is 7. The van der Waals surface area contributed by atoms with Gasteiger partial charge in [-0.3, -0.25) is 4.90 Å². The highest BCUT2D eigenvalue weighted by atomic mass is 19.3. The molecule has 1 aromatic rings. The standard InChI is InChI=1S/C27H43F3N6O2/c1-17(2)15-34(4)18-7-11-36(16-18)21-6-5-8-27(29,30)22(21)31-25(37)35-12-9-26(3,10-13-35)24-32-23(38-33-24)19-14-20(19)28/h17-22H,5-16H2,1-4H3,(H,31,37)/t18-,19+,20-,21-,22+/m0/s1. The fourth-order valence-corrected chi connectivity index (χ4v) is 6.60. The van der Waals surface area contributed by atoms with Gasteiger partial charge < -0.3 is 19.6 Å². The summed E-state index contributed by atoms with van der Waals surface area (Å²) in [6.45, 7) is 9.74. The van der Waals surface area contributed by atoms with Gasteiger partial charge in [0, 0.05) is 56.6 Å². The molecule has 38 heavy (non-hydrogen) atoms. The molecule has 0 radical (unpaired) electrons. The molecule has 2 aliphatic heterocycles. The molecule has 11 heteroatoms. The lowest BCUT2D eigenvalue weighted by Crippen LogP contribution is -2.64. The highest BCUT2D eigenvalue weighted by Gasteiger charge is 2.51. The summed E-state index contributed by atoms with van der Waals surface area (Å²) in [6.07, 6.45) is 2.58. The number of piperidine rings is 1. The van der Waals surface area contributed by atoms with E-state index in [1.54, 1.807) is 4.90 Å². The molecule has 0 unspecified atom stereocenters. The summed E-state index contributed by atoms with van der Waals surface area (Å²) in [5, 5.41) is 6.87. The predicted molar refractivity (Wildman–Crippen MR) is 137 cm³/mol. The molecule has 2 saturated heterocycles. The second-order valence-electron chi connectivity index (χ2n) is 12.8. The van der Waals surface area contributed by atoms with Crippen LogP contribution in [0.4, 0.5) is 18.0 Å². The van der Waals surface area contributed by atoms with Crippen molar-refractivity contribution in [3.05, 3.63) is 11.7 Å². The second-order valence-corrected chi connectivity index (χ2v) is 12.8. The molecule has 5 rings (SSSR count). The van der Waals surface area contributed by atoms with Crippen LogP contribution in [0.25, 0.3) is 0 Å². The summed E-state index contributed by atoms with van der Waals surface area (Å²) < 4.78 is 49.2. The topological polar surface area (TPSA) is 77.7 Å². The van der Waals surface area contributed by atoms with Gasteiger partial charge in [0.2, 0.25) is 5.89 Å². The predicted octanol–water partition coefficient (Wildman–Crippen LogP) is 4.18. The third-order valence-corrected chi connectivity index (χ3v) is 9.23. The number of aromatic nitrogens is 2. The van der Waals surface area contributed by atoms with E-state index in [1.165, 1.54) is 0 Å². The van der Waals surface area contributed by atoms with E-state index < -0.39 is 29.6 Å². The number of urea groups is 1. The van der Waals surface area contributed by atoms with Crippen LogP contribution in [0.2, 0.25) is 0 Å². The third-order valence-electron chi connectivity index (χ3n) is 9.23. The molecule has 2 aliphatic carbocycles. The first kappa shape index (κ1) is 27.7. The van der Waals surface area contributed by atoms with Crippen molar-refractivity contribution in [3.8, 4) is 0 Å². The van der Waals surface area contributed by atoms with Gasteiger partial charge in [-0.1, -0.05) is 25.9 Å². The fourth-order valence-electron chi connectivity index (χ4n) is 6.60. The Bertz CT molecular complexity index is 982.